The number of hydrogen-bond acceptors (Lipinski definition) is 2. The van der Waals surface area contributed by atoms with Crippen molar-refractivity contribution < 1.29 is 13.9 Å². The monoisotopic (exact) mass is 238 g/mol. The van der Waals surface area contributed by atoms with Crippen molar-refractivity contribution >= 4 is 0 Å². The highest BCUT2D eigenvalue weighted by molar-refractivity contribution is 5.32. The molecule has 1 saturated carbocycles. The van der Waals surface area contributed by atoms with Crippen molar-refractivity contribution in [2.24, 2.45) is 0 Å². The van der Waals surface area contributed by atoms with Gasteiger partial charge in [-0.25, -0.2) is 4.39 Å². The number of aryl methyl sites for hydroxylation is 1. The molecule has 1 aliphatic carbocycles. The molecule has 0 heterocycles. The first kappa shape index (κ1) is 12.4. The predicted molar refractivity (Wildman–Crippen MR) is 64.8 cm³/mol. The SMILES string of the molecule is CO[C@H]1CC[C@H](Oc2cc(F)ccc2C)CC1. The summed E-state index contributed by atoms with van der Waals surface area (Å²) in [6, 6.07) is 4.69. The lowest BCUT2D eigenvalue weighted by molar-refractivity contribution is 0.0325. The summed E-state index contributed by atoms with van der Waals surface area (Å²) < 4.78 is 24.3. The first-order chi connectivity index (χ1) is 8.19. The third kappa shape index (κ3) is 3.19. The first-order valence-corrected chi connectivity index (χ1v) is 6.14. The fourth-order valence-corrected chi connectivity index (χ4v) is 2.27. The van der Waals surface area contributed by atoms with Gasteiger partial charge in [-0.3, -0.25) is 0 Å². The third-order valence-electron chi connectivity index (χ3n) is 3.40. The van der Waals surface area contributed by atoms with E-state index in [1.165, 1.54) is 12.1 Å². The number of ether oxygens (including phenoxy) is 2. The van der Waals surface area contributed by atoms with E-state index in [1.54, 1.807) is 13.2 Å². The van der Waals surface area contributed by atoms with E-state index >= 15 is 0 Å². The highest BCUT2D eigenvalue weighted by Crippen LogP contribution is 2.27. The van der Waals surface area contributed by atoms with Crippen molar-refractivity contribution in [3.8, 4) is 5.75 Å². The number of hydrogen-bond donors (Lipinski definition) is 0. The Labute approximate surface area is 102 Å². The van der Waals surface area contributed by atoms with E-state index in [4.69, 9.17) is 9.47 Å². The van der Waals surface area contributed by atoms with Gasteiger partial charge in [0.1, 0.15) is 11.6 Å². The standard InChI is InChI=1S/C14H19FO2/c1-10-3-4-11(15)9-14(10)17-13-7-5-12(16-2)6-8-13/h3-4,9,12-13H,5-8H2,1-2H3/t12-,13-. The molecule has 1 aromatic carbocycles. The van der Waals surface area contributed by atoms with Crippen LogP contribution in [0.2, 0.25) is 0 Å². The van der Waals surface area contributed by atoms with Gasteiger partial charge in [0.2, 0.25) is 0 Å². The van der Waals surface area contributed by atoms with Crippen LogP contribution < -0.4 is 4.74 Å². The fourth-order valence-electron chi connectivity index (χ4n) is 2.27. The average molecular weight is 238 g/mol. The minimum Gasteiger partial charge on any atom is -0.490 e. The van der Waals surface area contributed by atoms with Gasteiger partial charge in [0, 0.05) is 13.2 Å². The van der Waals surface area contributed by atoms with Crippen LogP contribution in [-0.4, -0.2) is 19.3 Å². The van der Waals surface area contributed by atoms with Crippen molar-refractivity contribution in [1.29, 1.82) is 0 Å². The summed E-state index contributed by atoms with van der Waals surface area (Å²) >= 11 is 0. The summed E-state index contributed by atoms with van der Waals surface area (Å²) in [5.74, 6) is 0.432. The van der Waals surface area contributed by atoms with Crippen molar-refractivity contribution in [3.05, 3.63) is 29.6 Å². The first-order valence-electron chi connectivity index (χ1n) is 6.14. The second kappa shape index (κ2) is 5.50. The van der Waals surface area contributed by atoms with E-state index in [2.05, 4.69) is 0 Å². The van der Waals surface area contributed by atoms with Gasteiger partial charge in [-0.2, -0.15) is 0 Å². The van der Waals surface area contributed by atoms with E-state index in [1.807, 2.05) is 6.92 Å². The van der Waals surface area contributed by atoms with E-state index < -0.39 is 0 Å². The molecule has 3 heteroatoms. The van der Waals surface area contributed by atoms with E-state index in [-0.39, 0.29) is 11.9 Å². The van der Waals surface area contributed by atoms with Crippen LogP contribution in [0.5, 0.6) is 5.75 Å². The minimum atomic E-state index is -0.240. The van der Waals surface area contributed by atoms with Crippen LogP contribution in [0.25, 0.3) is 0 Å². The molecule has 0 bridgehead atoms. The molecule has 0 spiro atoms. The maximum atomic E-state index is 13.1. The molecule has 2 nitrogen and oxygen atoms in total. The molecular formula is C14H19FO2. The lowest BCUT2D eigenvalue weighted by Gasteiger charge is -2.28. The van der Waals surface area contributed by atoms with E-state index in [0.29, 0.717) is 11.9 Å². The summed E-state index contributed by atoms with van der Waals surface area (Å²) in [6.07, 6.45) is 4.57. The molecule has 1 aromatic rings. The Morgan fingerprint density at radius 3 is 2.41 bits per heavy atom. The largest absolute Gasteiger partial charge is 0.490 e. The molecule has 1 aliphatic rings. The van der Waals surface area contributed by atoms with Crippen molar-refractivity contribution in [3.63, 3.8) is 0 Å². The summed E-state index contributed by atoms with van der Waals surface area (Å²) in [4.78, 5) is 0. The molecule has 1 fully saturated rings. The molecular weight excluding hydrogens is 219 g/mol. The molecule has 17 heavy (non-hydrogen) atoms. The molecule has 94 valence electrons. The molecule has 0 aromatic heterocycles. The van der Waals surface area contributed by atoms with Crippen LogP contribution in [0.3, 0.4) is 0 Å². The summed E-state index contributed by atoms with van der Waals surface area (Å²) in [5, 5.41) is 0. The summed E-state index contributed by atoms with van der Waals surface area (Å²) in [7, 11) is 1.75. The van der Waals surface area contributed by atoms with Crippen LogP contribution in [0, 0.1) is 12.7 Å². The van der Waals surface area contributed by atoms with Gasteiger partial charge < -0.3 is 9.47 Å². The zero-order valence-corrected chi connectivity index (χ0v) is 10.4. The smallest absolute Gasteiger partial charge is 0.126 e. The van der Waals surface area contributed by atoms with E-state index in [0.717, 1.165) is 31.2 Å². The number of rotatable bonds is 3. The fraction of sp³-hybridized carbons (Fsp3) is 0.571. The maximum absolute atomic E-state index is 13.1. The second-order valence-corrected chi connectivity index (χ2v) is 4.66. The van der Waals surface area contributed by atoms with Crippen LogP contribution in [0.15, 0.2) is 18.2 Å². The Morgan fingerprint density at radius 2 is 1.76 bits per heavy atom. The lowest BCUT2D eigenvalue weighted by atomic mass is 9.95. The van der Waals surface area contributed by atoms with Gasteiger partial charge in [-0.05, 0) is 44.2 Å². The zero-order chi connectivity index (χ0) is 12.3. The van der Waals surface area contributed by atoms with Crippen LogP contribution in [-0.2, 0) is 4.74 Å². The highest BCUT2D eigenvalue weighted by Gasteiger charge is 2.22. The van der Waals surface area contributed by atoms with Crippen molar-refractivity contribution in [2.45, 2.75) is 44.8 Å². The molecule has 0 saturated heterocycles. The molecule has 0 amide bonds. The van der Waals surface area contributed by atoms with Crippen LogP contribution in [0.1, 0.15) is 31.2 Å². The summed E-state index contributed by atoms with van der Waals surface area (Å²) in [6.45, 7) is 1.94. The number of halogens is 1. The van der Waals surface area contributed by atoms with Gasteiger partial charge in [0.25, 0.3) is 0 Å². The van der Waals surface area contributed by atoms with Crippen LogP contribution in [0.4, 0.5) is 4.39 Å². The Balaban J connectivity index is 1.95. The van der Waals surface area contributed by atoms with Crippen molar-refractivity contribution in [2.75, 3.05) is 7.11 Å². The molecule has 0 N–H and O–H groups in total. The molecule has 0 aliphatic heterocycles. The maximum Gasteiger partial charge on any atom is 0.126 e. The zero-order valence-electron chi connectivity index (χ0n) is 10.4. The Kier molecular flexibility index (Phi) is 4.00. The average Bonchev–Trinajstić information content (AvgIpc) is 2.35. The molecule has 0 unspecified atom stereocenters. The highest BCUT2D eigenvalue weighted by atomic mass is 19.1. The quantitative estimate of drug-likeness (QED) is 0.802. The third-order valence-corrected chi connectivity index (χ3v) is 3.40. The molecule has 2 rings (SSSR count). The van der Waals surface area contributed by atoms with Gasteiger partial charge in [-0.1, -0.05) is 6.07 Å². The van der Waals surface area contributed by atoms with Crippen LogP contribution >= 0.6 is 0 Å². The second-order valence-electron chi connectivity index (χ2n) is 4.66. The topological polar surface area (TPSA) is 18.5 Å². The Morgan fingerprint density at radius 1 is 1.12 bits per heavy atom. The van der Waals surface area contributed by atoms with E-state index in [9.17, 15) is 4.39 Å². The van der Waals surface area contributed by atoms with Gasteiger partial charge in [0.15, 0.2) is 0 Å². The minimum absolute atomic E-state index is 0.196. The Bertz CT molecular complexity index is 370. The molecule has 0 radical (unpaired) electrons. The predicted octanol–water partition coefficient (Wildman–Crippen LogP) is 3.47. The number of methoxy groups -OCH3 is 1. The van der Waals surface area contributed by atoms with Gasteiger partial charge in [-0.15, -0.1) is 0 Å². The summed E-state index contributed by atoms with van der Waals surface area (Å²) in [5.41, 5.74) is 0.986. The lowest BCUT2D eigenvalue weighted by Crippen LogP contribution is -2.27. The van der Waals surface area contributed by atoms with Gasteiger partial charge >= 0.3 is 0 Å². The van der Waals surface area contributed by atoms with Crippen molar-refractivity contribution in [1.82, 2.24) is 0 Å². The molecule has 0 atom stereocenters. The normalized spacial score (nSPS) is 24.6. The Hall–Kier alpha value is -1.09. The number of benzene rings is 1. The van der Waals surface area contributed by atoms with Gasteiger partial charge in [0.05, 0.1) is 12.2 Å².